The number of methoxy groups -OCH3 is 1. The van der Waals surface area contributed by atoms with Crippen molar-refractivity contribution in [2.24, 2.45) is 12.5 Å². The van der Waals surface area contributed by atoms with Crippen LogP contribution in [0.1, 0.15) is 36.6 Å². The highest BCUT2D eigenvalue weighted by Gasteiger charge is 2.58. The van der Waals surface area contributed by atoms with Crippen molar-refractivity contribution in [3.8, 4) is 11.9 Å². The number of aliphatic hydroxyl groups is 1. The second-order valence-electron chi connectivity index (χ2n) is 5.71. The molecule has 0 radical (unpaired) electrons. The molecule has 1 aromatic rings. The third kappa shape index (κ3) is 1.60. The van der Waals surface area contributed by atoms with Gasteiger partial charge in [-0.3, -0.25) is 0 Å². The van der Waals surface area contributed by atoms with Crippen LogP contribution in [-0.4, -0.2) is 34.2 Å². The van der Waals surface area contributed by atoms with Crippen LogP contribution in [-0.2, 0) is 11.8 Å². The quantitative estimate of drug-likeness (QED) is 0.898. The molecule has 0 saturated carbocycles. The topological polar surface area (TPSA) is 80.3 Å². The fraction of sp³-hybridized carbons (Fsp3) is 0.714. The van der Waals surface area contributed by atoms with E-state index >= 15 is 0 Å². The summed E-state index contributed by atoms with van der Waals surface area (Å²) in [5, 5.41) is 24.8. The second kappa shape index (κ2) is 4.47. The summed E-state index contributed by atoms with van der Waals surface area (Å²) in [7, 11) is 3.31. The van der Waals surface area contributed by atoms with Gasteiger partial charge in [-0.05, 0) is 26.2 Å². The molecule has 0 spiro atoms. The molecule has 0 aliphatic carbocycles. The highest BCUT2D eigenvalue weighted by molar-refractivity contribution is 5.37. The van der Waals surface area contributed by atoms with Crippen molar-refractivity contribution in [1.82, 2.24) is 9.78 Å². The summed E-state index contributed by atoms with van der Waals surface area (Å²) >= 11 is 0. The van der Waals surface area contributed by atoms with Crippen molar-refractivity contribution in [1.29, 1.82) is 5.26 Å². The Morgan fingerprint density at radius 3 is 2.85 bits per heavy atom. The fourth-order valence-electron chi connectivity index (χ4n) is 3.68. The molecule has 2 fully saturated rings. The first-order valence-electron chi connectivity index (χ1n) is 6.85. The smallest absolute Gasteiger partial charge is 0.217 e. The van der Waals surface area contributed by atoms with E-state index in [4.69, 9.17) is 9.47 Å². The molecule has 0 aromatic carbocycles. The van der Waals surface area contributed by atoms with Crippen molar-refractivity contribution in [3.63, 3.8) is 0 Å². The van der Waals surface area contributed by atoms with Gasteiger partial charge in [0.1, 0.15) is 11.5 Å². The molecule has 1 N–H and O–H groups in total. The lowest BCUT2D eigenvalue weighted by Gasteiger charge is -2.33. The van der Waals surface area contributed by atoms with E-state index in [2.05, 4.69) is 11.2 Å². The monoisotopic (exact) mass is 277 g/mol. The summed E-state index contributed by atoms with van der Waals surface area (Å²) in [5.74, 6) is 0.507. The van der Waals surface area contributed by atoms with Crippen LogP contribution in [0, 0.1) is 23.7 Å². The number of fused-ring (bicyclic) bond motifs is 2. The van der Waals surface area contributed by atoms with E-state index in [1.807, 2.05) is 6.92 Å². The van der Waals surface area contributed by atoms with Crippen molar-refractivity contribution in [2.45, 2.75) is 44.5 Å². The molecule has 2 aliphatic heterocycles. The van der Waals surface area contributed by atoms with Crippen molar-refractivity contribution >= 4 is 0 Å². The van der Waals surface area contributed by atoms with Gasteiger partial charge in [0.2, 0.25) is 5.88 Å². The molecule has 4 unspecified atom stereocenters. The number of nitrogens with zero attached hydrogens (tertiary/aromatic N) is 3. The molecule has 3 heterocycles. The van der Waals surface area contributed by atoms with Crippen LogP contribution >= 0.6 is 0 Å². The molecule has 6 heteroatoms. The Labute approximate surface area is 117 Å². The molecule has 1 aromatic heterocycles. The van der Waals surface area contributed by atoms with E-state index in [0.29, 0.717) is 23.6 Å². The van der Waals surface area contributed by atoms with Gasteiger partial charge in [-0.1, -0.05) is 0 Å². The average Bonchev–Trinajstić information content (AvgIpc) is 3.10. The summed E-state index contributed by atoms with van der Waals surface area (Å²) < 4.78 is 12.7. The van der Waals surface area contributed by atoms with E-state index in [-0.39, 0.29) is 12.2 Å². The molecule has 2 bridgehead atoms. The van der Waals surface area contributed by atoms with Gasteiger partial charge in [-0.25, -0.2) is 4.68 Å². The van der Waals surface area contributed by atoms with Crippen molar-refractivity contribution in [3.05, 3.63) is 11.3 Å². The lowest BCUT2D eigenvalue weighted by molar-refractivity contribution is 0.00195. The molecular weight excluding hydrogens is 258 g/mol. The predicted molar refractivity (Wildman–Crippen MR) is 70.0 cm³/mol. The highest BCUT2D eigenvalue weighted by Crippen LogP contribution is 2.55. The van der Waals surface area contributed by atoms with Gasteiger partial charge in [-0.15, -0.1) is 0 Å². The van der Waals surface area contributed by atoms with E-state index in [9.17, 15) is 10.4 Å². The summed E-state index contributed by atoms with van der Waals surface area (Å²) in [6, 6.07) is 2.33. The number of aliphatic hydroxyl groups excluding tert-OH is 1. The normalized spacial score (nSPS) is 33.1. The Morgan fingerprint density at radius 1 is 1.60 bits per heavy atom. The number of hydrogen-bond acceptors (Lipinski definition) is 5. The summed E-state index contributed by atoms with van der Waals surface area (Å²) in [5.41, 5.74) is 0.409. The number of rotatable bonds is 3. The Kier molecular flexibility index (Phi) is 3.00. The summed E-state index contributed by atoms with van der Waals surface area (Å²) in [6.07, 6.45) is 1.34. The molecule has 2 aliphatic rings. The number of hydrogen-bond donors (Lipinski definition) is 1. The second-order valence-corrected chi connectivity index (χ2v) is 5.71. The molecule has 20 heavy (non-hydrogen) atoms. The molecule has 2 saturated heterocycles. The zero-order valence-electron chi connectivity index (χ0n) is 12.0. The number of aryl methyl sites for hydroxylation is 2. The number of aromatic nitrogens is 2. The van der Waals surface area contributed by atoms with E-state index in [0.717, 1.165) is 12.8 Å². The van der Waals surface area contributed by atoms with Gasteiger partial charge in [-0.2, -0.15) is 10.4 Å². The Hall–Kier alpha value is -1.58. The highest BCUT2D eigenvalue weighted by atomic mass is 16.5. The van der Waals surface area contributed by atoms with E-state index < -0.39 is 11.5 Å². The zero-order valence-corrected chi connectivity index (χ0v) is 12.0. The van der Waals surface area contributed by atoms with Crippen LogP contribution in [0.5, 0.6) is 5.88 Å². The van der Waals surface area contributed by atoms with Crippen LogP contribution in [0.15, 0.2) is 0 Å². The van der Waals surface area contributed by atoms with E-state index in [1.165, 1.54) is 0 Å². The summed E-state index contributed by atoms with van der Waals surface area (Å²) in [6.45, 7) is 1.82. The van der Waals surface area contributed by atoms with Crippen LogP contribution in [0.25, 0.3) is 0 Å². The minimum absolute atomic E-state index is 0.0947. The van der Waals surface area contributed by atoms with Gasteiger partial charge >= 0.3 is 0 Å². The molecule has 0 amide bonds. The molecular formula is C14H19N3O3. The maximum atomic E-state index is 10.9. The molecule has 108 valence electrons. The SMILES string of the molecule is COc1c(C(O)C2(C#N)CC3CCC2O3)c(C)nn1C. The Balaban J connectivity index is 2.04. The molecule has 6 nitrogen and oxygen atoms in total. The van der Waals surface area contributed by atoms with Gasteiger partial charge in [0, 0.05) is 7.05 Å². The van der Waals surface area contributed by atoms with Gasteiger partial charge in [0.25, 0.3) is 0 Å². The van der Waals surface area contributed by atoms with Gasteiger partial charge in [0.05, 0.1) is 36.6 Å². The standard InChI is InChI=1S/C14H19N3O3/c1-8-11(13(19-3)17(2)16-8)12(18)14(7-15)6-9-4-5-10(14)20-9/h9-10,12,18H,4-6H2,1-3H3. The van der Waals surface area contributed by atoms with E-state index in [1.54, 1.807) is 18.8 Å². The first kappa shape index (κ1) is 13.4. The van der Waals surface area contributed by atoms with Crippen molar-refractivity contribution in [2.75, 3.05) is 7.11 Å². The lowest BCUT2D eigenvalue weighted by atomic mass is 9.69. The first-order valence-corrected chi connectivity index (χ1v) is 6.85. The maximum absolute atomic E-state index is 10.9. The third-order valence-electron chi connectivity index (χ3n) is 4.62. The fourth-order valence-corrected chi connectivity index (χ4v) is 3.68. The van der Waals surface area contributed by atoms with Crippen molar-refractivity contribution < 1.29 is 14.6 Å². The van der Waals surface area contributed by atoms with Gasteiger partial charge in [0.15, 0.2) is 0 Å². The molecule has 4 atom stereocenters. The largest absolute Gasteiger partial charge is 0.481 e. The lowest BCUT2D eigenvalue weighted by Crippen LogP contribution is -2.37. The Morgan fingerprint density at radius 2 is 2.35 bits per heavy atom. The first-order chi connectivity index (χ1) is 9.53. The predicted octanol–water partition coefficient (Wildman–Crippen LogP) is 1.23. The summed E-state index contributed by atoms with van der Waals surface area (Å²) in [4.78, 5) is 0. The van der Waals surface area contributed by atoms with Crippen LogP contribution in [0.3, 0.4) is 0 Å². The maximum Gasteiger partial charge on any atom is 0.217 e. The molecule has 3 rings (SSSR count). The number of ether oxygens (including phenoxy) is 2. The van der Waals surface area contributed by atoms with Crippen LogP contribution < -0.4 is 4.74 Å². The van der Waals surface area contributed by atoms with Crippen LogP contribution in [0.4, 0.5) is 0 Å². The minimum Gasteiger partial charge on any atom is -0.481 e. The minimum atomic E-state index is -0.938. The third-order valence-corrected chi connectivity index (χ3v) is 4.62. The average molecular weight is 277 g/mol. The van der Waals surface area contributed by atoms with Crippen LogP contribution in [0.2, 0.25) is 0 Å². The zero-order chi connectivity index (χ0) is 14.5. The number of nitriles is 1. The van der Waals surface area contributed by atoms with Gasteiger partial charge < -0.3 is 14.6 Å². The Bertz CT molecular complexity index is 577.